The highest BCUT2D eigenvalue weighted by Crippen LogP contribution is 2.31. The van der Waals surface area contributed by atoms with E-state index < -0.39 is 0 Å². The first-order chi connectivity index (χ1) is 13.0. The molecule has 0 aliphatic carbocycles. The number of halogens is 1. The van der Waals surface area contributed by atoms with Crippen LogP contribution < -0.4 is 4.90 Å². The number of amides is 2. The minimum absolute atomic E-state index is 0.0457. The zero-order chi connectivity index (χ0) is 19.0. The summed E-state index contributed by atoms with van der Waals surface area (Å²) in [6, 6.07) is 13.0. The van der Waals surface area contributed by atoms with Crippen LogP contribution in [0.1, 0.15) is 28.2 Å². The van der Waals surface area contributed by atoms with Gasteiger partial charge in [-0.2, -0.15) is 0 Å². The molecule has 0 spiro atoms. The van der Waals surface area contributed by atoms with E-state index in [0.717, 1.165) is 21.6 Å². The standard InChI is InChI=1S/C20H18ClN3O2S/c1-23(12-18-22-15-5-2-3-6-17(15)27-18)20(26)13-8-9-14(21)16(11-13)24-10-4-7-19(24)25/h2-3,5-6,8-9,11H,4,7,10,12H2,1H3. The van der Waals surface area contributed by atoms with Gasteiger partial charge < -0.3 is 9.80 Å². The van der Waals surface area contributed by atoms with Crippen LogP contribution in [0.3, 0.4) is 0 Å². The second kappa shape index (κ2) is 7.29. The van der Waals surface area contributed by atoms with E-state index in [1.807, 2.05) is 24.3 Å². The van der Waals surface area contributed by atoms with Gasteiger partial charge in [-0.15, -0.1) is 11.3 Å². The number of nitrogens with zero attached hydrogens (tertiary/aromatic N) is 3. The molecule has 2 heterocycles. The third kappa shape index (κ3) is 3.55. The van der Waals surface area contributed by atoms with Crippen molar-refractivity contribution in [3.8, 4) is 0 Å². The molecule has 0 radical (unpaired) electrons. The largest absolute Gasteiger partial charge is 0.335 e. The molecule has 0 saturated carbocycles. The number of benzene rings is 2. The Hall–Kier alpha value is -2.44. The fraction of sp³-hybridized carbons (Fsp3) is 0.250. The lowest BCUT2D eigenvalue weighted by Gasteiger charge is -2.20. The fourth-order valence-electron chi connectivity index (χ4n) is 3.24. The molecule has 1 saturated heterocycles. The summed E-state index contributed by atoms with van der Waals surface area (Å²) in [5.41, 5.74) is 2.07. The Morgan fingerprint density at radius 3 is 2.85 bits per heavy atom. The van der Waals surface area contributed by atoms with Gasteiger partial charge in [0.15, 0.2) is 0 Å². The molecule has 7 heteroatoms. The Balaban J connectivity index is 1.55. The number of carbonyl (C=O) groups is 2. The van der Waals surface area contributed by atoms with E-state index in [0.29, 0.717) is 35.8 Å². The maximum absolute atomic E-state index is 12.9. The van der Waals surface area contributed by atoms with Crippen molar-refractivity contribution in [2.75, 3.05) is 18.5 Å². The first kappa shape index (κ1) is 17.9. The van der Waals surface area contributed by atoms with Gasteiger partial charge >= 0.3 is 0 Å². The van der Waals surface area contributed by atoms with Crippen molar-refractivity contribution in [1.29, 1.82) is 0 Å². The minimum atomic E-state index is -0.126. The molecule has 1 aliphatic rings. The Bertz CT molecular complexity index is 1000. The summed E-state index contributed by atoms with van der Waals surface area (Å²) in [6.45, 7) is 1.07. The molecule has 0 N–H and O–H groups in total. The van der Waals surface area contributed by atoms with Gasteiger partial charge in [0.1, 0.15) is 5.01 Å². The van der Waals surface area contributed by atoms with Crippen LogP contribution in [0.2, 0.25) is 5.02 Å². The molecule has 27 heavy (non-hydrogen) atoms. The van der Waals surface area contributed by atoms with Crippen LogP contribution in [0.25, 0.3) is 10.2 Å². The molecule has 1 aliphatic heterocycles. The van der Waals surface area contributed by atoms with Gasteiger partial charge in [0.25, 0.3) is 5.91 Å². The number of carbonyl (C=O) groups excluding carboxylic acids is 2. The summed E-state index contributed by atoms with van der Waals surface area (Å²) in [5, 5.41) is 1.37. The lowest BCUT2D eigenvalue weighted by atomic mass is 10.1. The molecule has 5 nitrogen and oxygen atoms in total. The summed E-state index contributed by atoms with van der Waals surface area (Å²) < 4.78 is 1.11. The molecule has 1 fully saturated rings. The normalized spacial score (nSPS) is 14.1. The fourth-order valence-corrected chi connectivity index (χ4v) is 4.48. The molecule has 0 unspecified atom stereocenters. The van der Waals surface area contributed by atoms with Crippen LogP contribution >= 0.6 is 22.9 Å². The molecule has 4 rings (SSSR count). The van der Waals surface area contributed by atoms with Crippen molar-refractivity contribution in [2.24, 2.45) is 0 Å². The van der Waals surface area contributed by atoms with Gasteiger partial charge in [0.2, 0.25) is 5.91 Å². The number of fused-ring (bicyclic) bond motifs is 1. The van der Waals surface area contributed by atoms with Gasteiger partial charge in [0.05, 0.1) is 27.5 Å². The Morgan fingerprint density at radius 2 is 2.11 bits per heavy atom. The molecule has 2 aromatic carbocycles. The first-order valence-corrected chi connectivity index (χ1v) is 9.92. The SMILES string of the molecule is CN(Cc1nc2ccccc2s1)C(=O)c1ccc(Cl)c(N2CCCC2=O)c1. The highest BCUT2D eigenvalue weighted by molar-refractivity contribution is 7.18. The number of rotatable bonds is 4. The van der Waals surface area contributed by atoms with E-state index in [-0.39, 0.29) is 11.8 Å². The second-order valence-electron chi connectivity index (χ2n) is 6.55. The minimum Gasteiger partial charge on any atom is -0.335 e. The van der Waals surface area contributed by atoms with Crippen LogP contribution in [0.5, 0.6) is 0 Å². The number of para-hydroxylation sites is 1. The van der Waals surface area contributed by atoms with Gasteiger partial charge in [0, 0.05) is 25.6 Å². The number of hydrogen-bond acceptors (Lipinski definition) is 4. The zero-order valence-electron chi connectivity index (χ0n) is 14.8. The lowest BCUT2D eigenvalue weighted by molar-refractivity contribution is -0.117. The number of hydrogen-bond donors (Lipinski definition) is 0. The van der Waals surface area contributed by atoms with Crippen LogP contribution in [-0.4, -0.2) is 35.3 Å². The second-order valence-corrected chi connectivity index (χ2v) is 8.07. The average molecular weight is 400 g/mol. The third-order valence-electron chi connectivity index (χ3n) is 4.61. The van der Waals surface area contributed by atoms with E-state index in [1.54, 1.807) is 46.4 Å². The summed E-state index contributed by atoms with van der Waals surface area (Å²) >= 11 is 7.86. The third-order valence-corrected chi connectivity index (χ3v) is 5.96. The van der Waals surface area contributed by atoms with E-state index in [4.69, 9.17) is 11.6 Å². The van der Waals surface area contributed by atoms with Crippen molar-refractivity contribution in [3.05, 3.63) is 58.1 Å². The Kier molecular flexibility index (Phi) is 4.85. The maximum atomic E-state index is 12.9. The highest BCUT2D eigenvalue weighted by atomic mass is 35.5. The first-order valence-electron chi connectivity index (χ1n) is 8.73. The molecule has 0 atom stereocenters. The average Bonchev–Trinajstić information content (AvgIpc) is 3.26. The number of aromatic nitrogens is 1. The maximum Gasteiger partial charge on any atom is 0.254 e. The van der Waals surface area contributed by atoms with E-state index in [9.17, 15) is 9.59 Å². The quantitative estimate of drug-likeness (QED) is 0.655. The summed E-state index contributed by atoms with van der Waals surface area (Å²) in [4.78, 5) is 32.8. The van der Waals surface area contributed by atoms with E-state index in [2.05, 4.69) is 4.98 Å². The van der Waals surface area contributed by atoms with Crippen molar-refractivity contribution < 1.29 is 9.59 Å². The van der Waals surface area contributed by atoms with Gasteiger partial charge in [-0.05, 0) is 36.8 Å². The molecule has 1 aromatic heterocycles. The summed E-state index contributed by atoms with van der Waals surface area (Å²) in [5.74, 6) is -0.0804. The summed E-state index contributed by atoms with van der Waals surface area (Å²) in [6.07, 6.45) is 1.33. The van der Waals surface area contributed by atoms with Crippen LogP contribution in [0.15, 0.2) is 42.5 Å². The molecule has 0 bridgehead atoms. The van der Waals surface area contributed by atoms with Gasteiger partial charge in [-0.1, -0.05) is 23.7 Å². The number of anilines is 1. The lowest BCUT2D eigenvalue weighted by Crippen LogP contribution is -2.27. The highest BCUT2D eigenvalue weighted by Gasteiger charge is 2.25. The van der Waals surface area contributed by atoms with Crippen molar-refractivity contribution >= 4 is 50.7 Å². The van der Waals surface area contributed by atoms with Crippen LogP contribution in [0.4, 0.5) is 5.69 Å². The predicted molar refractivity (Wildman–Crippen MR) is 108 cm³/mol. The zero-order valence-corrected chi connectivity index (χ0v) is 16.4. The molecular weight excluding hydrogens is 382 g/mol. The van der Waals surface area contributed by atoms with Gasteiger partial charge in [-0.3, -0.25) is 9.59 Å². The molecular formula is C20H18ClN3O2S. The van der Waals surface area contributed by atoms with Gasteiger partial charge in [-0.25, -0.2) is 4.98 Å². The van der Waals surface area contributed by atoms with Crippen LogP contribution in [-0.2, 0) is 11.3 Å². The van der Waals surface area contributed by atoms with Crippen molar-refractivity contribution in [3.63, 3.8) is 0 Å². The molecule has 3 aromatic rings. The van der Waals surface area contributed by atoms with E-state index in [1.165, 1.54) is 0 Å². The molecule has 138 valence electrons. The summed E-state index contributed by atoms with van der Waals surface area (Å²) in [7, 11) is 1.75. The topological polar surface area (TPSA) is 53.5 Å². The van der Waals surface area contributed by atoms with Crippen molar-refractivity contribution in [2.45, 2.75) is 19.4 Å². The Labute approximate surface area is 166 Å². The number of thiazole rings is 1. The van der Waals surface area contributed by atoms with Crippen molar-refractivity contribution in [1.82, 2.24) is 9.88 Å². The van der Waals surface area contributed by atoms with Crippen LogP contribution in [0, 0.1) is 0 Å². The van der Waals surface area contributed by atoms with E-state index >= 15 is 0 Å². The predicted octanol–water partition coefficient (Wildman–Crippen LogP) is 4.35. The Morgan fingerprint density at radius 1 is 1.30 bits per heavy atom. The smallest absolute Gasteiger partial charge is 0.254 e. The molecule has 2 amide bonds. The monoisotopic (exact) mass is 399 g/mol.